The van der Waals surface area contributed by atoms with Crippen LogP contribution in [0.5, 0.6) is 0 Å². The Kier molecular flexibility index (Phi) is 5.36. The molecule has 4 heteroatoms. The summed E-state index contributed by atoms with van der Waals surface area (Å²) in [5.74, 6) is 0.754. The van der Waals surface area contributed by atoms with Crippen LogP contribution in [0.3, 0.4) is 0 Å². The van der Waals surface area contributed by atoms with E-state index in [0.29, 0.717) is 6.61 Å². The van der Waals surface area contributed by atoms with Crippen LogP contribution in [0.15, 0.2) is 30.6 Å². The molecule has 0 unspecified atom stereocenters. The monoisotopic (exact) mass is 300 g/mol. The second kappa shape index (κ2) is 7.25. The number of aryl methyl sites for hydroxylation is 1. The Morgan fingerprint density at radius 1 is 1.36 bits per heavy atom. The molecule has 0 aliphatic heterocycles. The van der Waals surface area contributed by atoms with Gasteiger partial charge >= 0.3 is 6.09 Å². The highest BCUT2D eigenvalue weighted by Gasteiger charge is 2.20. The molecule has 0 fully saturated rings. The van der Waals surface area contributed by atoms with E-state index in [1.165, 1.54) is 21.3 Å². The third-order valence-electron chi connectivity index (χ3n) is 4.09. The SMILES string of the molecule is CCCCOC(=O)n1ccnc1[C@@H](C)c1cccc(C)c1C. The summed E-state index contributed by atoms with van der Waals surface area (Å²) in [5, 5.41) is 0. The predicted octanol–water partition coefficient (Wildman–Crippen LogP) is 4.44. The van der Waals surface area contributed by atoms with Crippen molar-refractivity contribution in [2.45, 2.75) is 46.5 Å². The van der Waals surface area contributed by atoms with Crippen LogP contribution in [-0.2, 0) is 4.74 Å². The molecule has 0 saturated carbocycles. The Hall–Kier alpha value is -2.10. The van der Waals surface area contributed by atoms with Crippen molar-refractivity contribution in [2.24, 2.45) is 0 Å². The number of nitrogens with zero attached hydrogens (tertiary/aromatic N) is 2. The van der Waals surface area contributed by atoms with Crippen LogP contribution in [0.2, 0.25) is 0 Å². The van der Waals surface area contributed by atoms with Crippen molar-refractivity contribution in [3.63, 3.8) is 0 Å². The first kappa shape index (κ1) is 16.3. The quantitative estimate of drug-likeness (QED) is 0.767. The first-order valence-corrected chi connectivity index (χ1v) is 7.82. The summed E-state index contributed by atoms with van der Waals surface area (Å²) in [6, 6.07) is 6.23. The molecular weight excluding hydrogens is 276 g/mol. The Balaban J connectivity index is 2.24. The third kappa shape index (κ3) is 3.38. The second-order valence-corrected chi connectivity index (χ2v) is 5.63. The molecule has 0 aliphatic carbocycles. The van der Waals surface area contributed by atoms with E-state index in [0.717, 1.165) is 18.7 Å². The van der Waals surface area contributed by atoms with Crippen molar-refractivity contribution in [3.05, 3.63) is 53.1 Å². The lowest BCUT2D eigenvalue weighted by atomic mass is 9.93. The maximum absolute atomic E-state index is 12.2. The van der Waals surface area contributed by atoms with E-state index in [4.69, 9.17) is 4.74 Å². The number of imidazole rings is 1. The molecule has 0 N–H and O–H groups in total. The van der Waals surface area contributed by atoms with Crippen LogP contribution < -0.4 is 0 Å². The maximum Gasteiger partial charge on any atom is 0.419 e. The van der Waals surface area contributed by atoms with Crippen LogP contribution in [0, 0.1) is 13.8 Å². The van der Waals surface area contributed by atoms with Crippen LogP contribution in [0.1, 0.15) is 55.1 Å². The average molecular weight is 300 g/mol. The molecule has 4 nitrogen and oxygen atoms in total. The van der Waals surface area contributed by atoms with E-state index in [9.17, 15) is 4.79 Å². The first-order valence-electron chi connectivity index (χ1n) is 7.82. The fraction of sp³-hybridized carbons (Fsp3) is 0.444. The Labute approximate surface area is 132 Å². The highest BCUT2D eigenvalue weighted by atomic mass is 16.5. The van der Waals surface area contributed by atoms with Crippen LogP contribution in [0.4, 0.5) is 4.79 Å². The molecule has 0 spiro atoms. The van der Waals surface area contributed by atoms with Gasteiger partial charge in [-0.05, 0) is 37.0 Å². The minimum absolute atomic E-state index is 0.0358. The molecule has 0 amide bonds. The largest absolute Gasteiger partial charge is 0.449 e. The van der Waals surface area contributed by atoms with Gasteiger partial charge in [-0.3, -0.25) is 0 Å². The lowest BCUT2D eigenvalue weighted by Crippen LogP contribution is -2.18. The van der Waals surface area contributed by atoms with Gasteiger partial charge < -0.3 is 4.74 Å². The fourth-order valence-corrected chi connectivity index (χ4v) is 2.55. The number of carbonyl (C=O) groups excluding carboxylic acids is 1. The number of unbranched alkanes of at least 4 members (excludes halogenated alkanes) is 1. The van der Waals surface area contributed by atoms with Crippen molar-refractivity contribution in [1.29, 1.82) is 0 Å². The normalized spacial score (nSPS) is 12.2. The number of rotatable bonds is 5. The number of hydrogen-bond acceptors (Lipinski definition) is 3. The number of benzene rings is 1. The van der Waals surface area contributed by atoms with Crippen molar-refractivity contribution >= 4 is 6.09 Å². The van der Waals surface area contributed by atoms with E-state index >= 15 is 0 Å². The molecule has 1 heterocycles. The summed E-state index contributed by atoms with van der Waals surface area (Å²) in [6.45, 7) is 8.79. The van der Waals surface area contributed by atoms with Crippen molar-refractivity contribution < 1.29 is 9.53 Å². The molecule has 0 aliphatic rings. The highest BCUT2D eigenvalue weighted by molar-refractivity contribution is 5.71. The molecule has 22 heavy (non-hydrogen) atoms. The van der Waals surface area contributed by atoms with Gasteiger partial charge in [-0.2, -0.15) is 0 Å². The van der Waals surface area contributed by atoms with E-state index in [-0.39, 0.29) is 12.0 Å². The van der Waals surface area contributed by atoms with Gasteiger partial charge in [-0.1, -0.05) is 38.5 Å². The molecule has 1 atom stereocenters. The fourth-order valence-electron chi connectivity index (χ4n) is 2.55. The zero-order valence-corrected chi connectivity index (χ0v) is 13.8. The number of hydrogen-bond donors (Lipinski definition) is 0. The Morgan fingerprint density at radius 2 is 2.14 bits per heavy atom. The first-order chi connectivity index (χ1) is 10.6. The summed E-state index contributed by atoms with van der Waals surface area (Å²) >= 11 is 0. The molecule has 2 aromatic rings. The maximum atomic E-state index is 12.2. The Morgan fingerprint density at radius 3 is 2.86 bits per heavy atom. The predicted molar refractivity (Wildman–Crippen MR) is 87.3 cm³/mol. The molecule has 118 valence electrons. The molecular formula is C18H24N2O2. The molecule has 1 aromatic heterocycles. The summed E-state index contributed by atoms with van der Waals surface area (Å²) in [7, 11) is 0. The summed E-state index contributed by atoms with van der Waals surface area (Å²) in [4.78, 5) is 16.6. The van der Waals surface area contributed by atoms with E-state index < -0.39 is 0 Å². The van der Waals surface area contributed by atoms with Gasteiger partial charge in [-0.25, -0.2) is 14.3 Å². The molecule has 0 bridgehead atoms. The topological polar surface area (TPSA) is 44.1 Å². The summed E-state index contributed by atoms with van der Waals surface area (Å²) in [5.41, 5.74) is 3.67. The van der Waals surface area contributed by atoms with Crippen molar-refractivity contribution in [2.75, 3.05) is 6.61 Å². The van der Waals surface area contributed by atoms with Gasteiger partial charge in [0.15, 0.2) is 0 Å². The van der Waals surface area contributed by atoms with Gasteiger partial charge in [0.2, 0.25) is 0 Å². The minimum atomic E-state index is -0.349. The smallest absolute Gasteiger partial charge is 0.419 e. The standard InChI is InChI=1S/C18H24N2O2/c1-5-6-12-22-18(21)20-11-10-19-17(20)15(4)16-9-7-8-13(2)14(16)3/h7-11,15H,5-6,12H2,1-4H3/t15-/m0/s1. The van der Waals surface area contributed by atoms with Gasteiger partial charge in [-0.15, -0.1) is 0 Å². The van der Waals surface area contributed by atoms with E-state index in [1.807, 2.05) is 6.07 Å². The Bertz CT molecular complexity index is 646. The molecule has 1 aromatic carbocycles. The van der Waals surface area contributed by atoms with Crippen LogP contribution in [-0.4, -0.2) is 22.3 Å². The number of carbonyl (C=O) groups is 1. The average Bonchev–Trinajstić information content (AvgIpc) is 2.99. The van der Waals surface area contributed by atoms with Crippen LogP contribution in [0.25, 0.3) is 0 Å². The number of aromatic nitrogens is 2. The minimum Gasteiger partial charge on any atom is -0.449 e. The lowest BCUT2D eigenvalue weighted by Gasteiger charge is -2.17. The van der Waals surface area contributed by atoms with Gasteiger partial charge in [0, 0.05) is 18.3 Å². The lowest BCUT2D eigenvalue weighted by molar-refractivity contribution is 0.145. The molecule has 2 rings (SSSR count). The number of ether oxygens (including phenoxy) is 1. The van der Waals surface area contributed by atoms with Gasteiger partial charge in [0.25, 0.3) is 0 Å². The summed E-state index contributed by atoms with van der Waals surface area (Å²) in [6.07, 6.45) is 4.85. The van der Waals surface area contributed by atoms with Gasteiger partial charge in [0.05, 0.1) is 6.61 Å². The van der Waals surface area contributed by atoms with Crippen molar-refractivity contribution in [3.8, 4) is 0 Å². The van der Waals surface area contributed by atoms with Crippen molar-refractivity contribution in [1.82, 2.24) is 9.55 Å². The van der Waals surface area contributed by atoms with Crippen LogP contribution >= 0.6 is 0 Å². The molecule has 0 saturated heterocycles. The van der Waals surface area contributed by atoms with Gasteiger partial charge in [0.1, 0.15) is 5.82 Å². The molecule has 0 radical (unpaired) electrons. The second-order valence-electron chi connectivity index (χ2n) is 5.63. The highest BCUT2D eigenvalue weighted by Crippen LogP contribution is 2.27. The van der Waals surface area contributed by atoms with E-state index in [2.05, 4.69) is 44.8 Å². The summed E-state index contributed by atoms with van der Waals surface area (Å²) < 4.78 is 6.81. The zero-order chi connectivity index (χ0) is 16.1. The zero-order valence-electron chi connectivity index (χ0n) is 13.8. The third-order valence-corrected chi connectivity index (χ3v) is 4.09. The van der Waals surface area contributed by atoms with E-state index in [1.54, 1.807) is 12.4 Å².